The van der Waals surface area contributed by atoms with Gasteiger partial charge in [-0.05, 0) is 66.9 Å². The Balaban J connectivity index is 1.19. The lowest BCUT2D eigenvalue weighted by Crippen LogP contribution is -2.45. The molecule has 3 aromatic carbocycles. The monoisotopic (exact) mass is 632 g/mol. The van der Waals surface area contributed by atoms with E-state index in [2.05, 4.69) is 0 Å². The zero-order valence-electron chi connectivity index (χ0n) is 24.2. The van der Waals surface area contributed by atoms with E-state index in [1.54, 1.807) is 48.5 Å². The van der Waals surface area contributed by atoms with E-state index in [0.29, 0.717) is 51.2 Å². The molecule has 1 fully saturated rings. The standard InChI is InChI=1S/C33H29ClN2O9/c34-23-5-8-26-25(12-23)32(38)22(17-41-26)14-35(13-20-3-6-27-29(10-20)44-18-42-27)31(37)16-36(15-24-2-1-9-40-24)33(39)21-4-7-28-30(11-21)45-19-43-28/h3-8,10-12,17,24H,1-2,9,13-16,18-19H2. The minimum Gasteiger partial charge on any atom is -0.464 e. The van der Waals surface area contributed by atoms with Crippen LogP contribution in [0.25, 0.3) is 11.0 Å². The summed E-state index contributed by atoms with van der Waals surface area (Å²) in [4.78, 5) is 44.5. The highest BCUT2D eigenvalue weighted by atomic mass is 35.5. The number of hydrogen-bond acceptors (Lipinski definition) is 9. The number of ether oxygens (including phenoxy) is 5. The molecule has 12 heteroatoms. The van der Waals surface area contributed by atoms with Crippen LogP contribution < -0.4 is 24.4 Å². The van der Waals surface area contributed by atoms with Gasteiger partial charge in [-0.2, -0.15) is 0 Å². The highest BCUT2D eigenvalue weighted by molar-refractivity contribution is 6.31. The fourth-order valence-corrected chi connectivity index (χ4v) is 5.85. The maximum Gasteiger partial charge on any atom is 0.254 e. The average molecular weight is 633 g/mol. The molecule has 11 nitrogen and oxygen atoms in total. The fourth-order valence-electron chi connectivity index (χ4n) is 5.68. The van der Waals surface area contributed by atoms with Gasteiger partial charge in [0.1, 0.15) is 12.1 Å². The zero-order valence-corrected chi connectivity index (χ0v) is 24.9. The highest BCUT2D eigenvalue weighted by Crippen LogP contribution is 2.34. The van der Waals surface area contributed by atoms with Crippen molar-refractivity contribution in [2.24, 2.45) is 0 Å². The van der Waals surface area contributed by atoms with Gasteiger partial charge in [0.2, 0.25) is 19.5 Å². The second kappa shape index (κ2) is 12.3. The van der Waals surface area contributed by atoms with Gasteiger partial charge in [0.05, 0.1) is 29.9 Å². The number of halogens is 1. The molecule has 3 aliphatic heterocycles. The molecule has 0 N–H and O–H groups in total. The molecule has 0 radical (unpaired) electrons. The number of amides is 2. The van der Waals surface area contributed by atoms with Gasteiger partial charge in [-0.25, -0.2) is 0 Å². The first-order valence-corrected chi connectivity index (χ1v) is 15.0. The van der Waals surface area contributed by atoms with E-state index in [1.165, 1.54) is 16.1 Å². The summed E-state index contributed by atoms with van der Waals surface area (Å²) in [5, 5.41) is 0.709. The van der Waals surface area contributed by atoms with Crippen LogP contribution in [0.3, 0.4) is 0 Å². The van der Waals surface area contributed by atoms with Crippen LogP contribution in [0.15, 0.2) is 70.1 Å². The second-order valence-corrected chi connectivity index (χ2v) is 11.5. The van der Waals surface area contributed by atoms with Gasteiger partial charge in [-0.1, -0.05) is 17.7 Å². The molecule has 232 valence electrons. The van der Waals surface area contributed by atoms with E-state index in [-0.39, 0.29) is 68.7 Å². The van der Waals surface area contributed by atoms with Gasteiger partial charge < -0.3 is 37.9 Å². The van der Waals surface area contributed by atoms with E-state index in [1.807, 2.05) is 6.07 Å². The third kappa shape index (κ3) is 6.13. The minimum atomic E-state index is -0.370. The van der Waals surface area contributed by atoms with Crippen LogP contribution in [0.2, 0.25) is 5.02 Å². The molecule has 4 aromatic rings. The van der Waals surface area contributed by atoms with Gasteiger partial charge >= 0.3 is 0 Å². The predicted octanol–water partition coefficient (Wildman–Crippen LogP) is 4.75. The molecule has 4 heterocycles. The second-order valence-electron chi connectivity index (χ2n) is 11.1. The lowest BCUT2D eigenvalue weighted by Gasteiger charge is -2.29. The summed E-state index contributed by atoms with van der Waals surface area (Å²) in [6.45, 7) is 0.842. The van der Waals surface area contributed by atoms with Gasteiger partial charge in [-0.3, -0.25) is 14.4 Å². The maximum absolute atomic E-state index is 14.2. The Morgan fingerprint density at radius 1 is 0.844 bits per heavy atom. The number of rotatable bonds is 9. The Kier molecular flexibility index (Phi) is 7.95. The molecule has 45 heavy (non-hydrogen) atoms. The largest absolute Gasteiger partial charge is 0.464 e. The molecule has 0 aliphatic carbocycles. The fraction of sp³-hybridized carbons (Fsp3) is 0.303. The lowest BCUT2D eigenvalue weighted by atomic mass is 10.1. The molecule has 3 aliphatic rings. The molecule has 7 rings (SSSR count). The van der Waals surface area contributed by atoms with Crippen LogP contribution in [-0.2, 0) is 22.6 Å². The Morgan fingerprint density at radius 2 is 1.60 bits per heavy atom. The van der Waals surface area contributed by atoms with Crippen molar-refractivity contribution < 1.29 is 37.7 Å². The summed E-state index contributed by atoms with van der Waals surface area (Å²) in [5.41, 5.74) is 1.48. The number of carbonyl (C=O) groups is 2. The van der Waals surface area contributed by atoms with Crippen LogP contribution >= 0.6 is 11.6 Å². The summed E-state index contributed by atoms with van der Waals surface area (Å²) >= 11 is 6.16. The molecule has 1 saturated heterocycles. The van der Waals surface area contributed by atoms with Crippen molar-refractivity contribution in [2.75, 3.05) is 33.3 Å². The van der Waals surface area contributed by atoms with E-state index < -0.39 is 0 Å². The van der Waals surface area contributed by atoms with Crippen LogP contribution in [0.5, 0.6) is 23.0 Å². The summed E-state index contributed by atoms with van der Waals surface area (Å²) in [6.07, 6.45) is 2.82. The highest BCUT2D eigenvalue weighted by Gasteiger charge is 2.29. The Bertz CT molecular complexity index is 1840. The lowest BCUT2D eigenvalue weighted by molar-refractivity contribution is -0.133. The van der Waals surface area contributed by atoms with Gasteiger partial charge in [0.25, 0.3) is 5.91 Å². The van der Waals surface area contributed by atoms with E-state index in [4.69, 9.17) is 39.7 Å². The van der Waals surface area contributed by atoms with Crippen LogP contribution in [0.1, 0.15) is 34.3 Å². The van der Waals surface area contributed by atoms with Crippen molar-refractivity contribution in [1.82, 2.24) is 9.80 Å². The third-order valence-electron chi connectivity index (χ3n) is 8.01. The quantitative estimate of drug-likeness (QED) is 0.258. The third-order valence-corrected chi connectivity index (χ3v) is 8.25. The summed E-state index contributed by atoms with van der Waals surface area (Å²) in [7, 11) is 0. The number of carbonyl (C=O) groups excluding carboxylic acids is 2. The Hall–Kier alpha value is -4.74. The first-order valence-electron chi connectivity index (χ1n) is 14.6. The van der Waals surface area contributed by atoms with Gasteiger partial charge in [0.15, 0.2) is 28.4 Å². The van der Waals surface area contributed by atoms with E-state index in [0.717, 1.165) is 18.4 Å². The minimum absolute atomic E-state index is 0.0654. The van der Waals surface area contributed by atoms with Crippen molar-refractivity contribution in [3.63, 3.8) is 0 Å². The summed E-state index contributed by atoms with van der Waals surface area (Å²) in [5.74, 6) is 1.49. The van der Waals surface area contributed by atoms with E-state index in [9.17, 15) is 14.4 Å². The topological polar surface area (TPSA) is 117 Å². The number of hydrogen-bond donors (Lipinski definition) is 0. The molecular formula is C33H29ClN2O9. The van der Waals surface area contributed by atoms with Crippen LogP contribution in [0.4, 0.5) is 0 Å². The maximum atomic E-state index is 14.2. The average Bonchev–Trinajstić information content (AvgIpc) is 3.83. The Labute approximate surface area is 262 Å². The van der Waals surface area contributed by atoms with Crippen molar-refractivity contribution in [1.29, 1.82) is 0 Å². The first kappa shape index (κ1) is 29.0. The number of benzene rings is 3. The molecule has 1 unspecified atom stereocenters. The molecular weight excluding hydrogens is 604 g/mol. The molecule has 1 aromatic heterocycles. The molecule has 2 amide bonds. The molecule has 1 atom stereocenters. The van der Waals surface area contributed by atoms with Crippen molar-refractivity contribution in [3.8, 4) is 23.0 Å². The molecule has 0 saturated carbocycles. The van der Waals surface area contributed by atoms with Crippen LogP contribution in [0, 0.1) is 0 Å². The number of nitrogens with zero attached hydrogens (tertiary/aromatic N) is 2. The predicted molar refractivity (Wildman–Crippen MR) is 162 cm³/mol. The Morgan fingerprint density at radius 3 is 2.38 bits per heavy atom. The zero-order chi connectivity index (χ0) is 30.9. The van der Waals surface area contributed by atoms with Crippen molar-refractivity contribution >= 4 is 34.4 Å². The van der Waals surface area contributed by atoms with E-state index >= 15 is 0 Å². The number of fused-ring (bicyclic) bond motifs is 3. The van der Waals surface area contributed by atoms with Crippen LogP contribution in [-0.4, -0.2) is 61.0 Å². The van der Waals surface area contributed by atoms with Gasteiger partial charge in [-0.15, -0.1) is 0 Å². The normalized spacial score (nSPS) is 16.2. The summed E-state index contributed by atoms with van der Waals surface area (Å²) in [6, 6.07) is 15.2. The van der Waals surface area contributed by atoms with Crippen molar-refractivity contribution in [2.45, 2.75) is 32.0 Å². The van der Waals surface area contributed by atoms with Crippen molar-refractivity contribution in [3.05, 3.63) is 92.8 Å². The smallest absolute Gasteiger partial charge is 0.254 e. The first-order chi connectivity index (χ1) is 21.9. The molecule has 0 spiro atoms. The molecule has 0 bridgehead atoms. The SMILES string of the molecule is O=C(CN(CC1CCCO1)C(=O)c1ccc2c(c1)OCO2)N(Cc1ccc2c(c1)OCO2)Cc1coc2ccc(Cl)cc2c1=O. The summed E-state index contributed by atoms with van der Waals surface area (Å²) < 4.78 is 33.4. The van der Waals surface area contributed by atoms with Gasteiger partial charge in [0, 0.05) is 30.3 Å².